The van der Waals surface area contributed by atoms with Crippen molar-refractivity contribution in [3.8, 4) is 11.1 Å². The van der Waals surface area contributed by atoms with Crippen molar-refractivity contribution in [2.45, 2.75) is 31.4 Å². The summed E-state index contributed by atoms with van der Waals surface area (Å²) in [5.74, 6) is -0.325. The van der Waals surface area contributed by atoms with Crippen LogP contribution in [-0.4, -0.2) is 43.1 Å². The van der Waals surface area contributed by atoms with Crippen LogP contribution < -0.4 is 10.2 Å². The zero-order chi connectivity index (χ0) is 23.3. The van der Waals surface area contributed by atoms with Gasteiger partial charge in [-0.25, -0.2) is 9.18 Å². The van der Waals surface area contributed by atoms with Crippen LogP contribution in [0.5, 0.6) is 0 Å². The van der Waals surface area contributed by atoms with E-state index in [1.165, 1.54) is 29.7 Å². The van der Waals surface area contributed by atoms with Crippen LogP contribution in [0.25, 0.3) is 11.1 Å². The third-order valence-electron chi connectivity index (χ3n) is 4.78. The van der Waals surface area contributed by atoms with Crippen molar-refractivity contribution in [3.63, 3.8) is 0 Å². The number of hydrogen-bond acceptors (Lipinski definition) is 4. The number of benzene rings is 2. The van der Waals surface area contributed by atoms with Gasteiger partial charge in [0, 0.05) is 24.0 Å². The number of hydrogen-bond donors (Lipinski definition) is 1. The Morgan fingerprint density at radius 3 is 2.56 bits per heavy atom. The first-order valence-electron chi connectivity index (χ1n) is 9.88. The lowest BCUT2D eigenvalue weighted by Crippen LogP contribution is -2.33. The SMILES string of the molecule is CC(=O)NCC1CN(c2ccc(-c3ccc(CSCCC(F)(F)F)cc3)c(F)c2)C(=O)O1. The van der Waals surface area contributed by atoms with E-state index in [0.717, 1.165) is 5.56 Å². The largest absolute Gasteiger partial charge is 0.442 e. The van der Waals surface area contributed by atoms with Gasteiger partial charge < -0.3 is 10.1 Å². The van der Waals surface area contributed by atoms with Crippen molar-refractivity contribution in [1.29, 1.82) is 0 Å². The van der Waals surface area contributed by atoms with Gasteiger partial charge in [-0.05, 0) is 29.3 Å². The molecule has 2 aromatic rings. The molecule has 1 N–H and O–H groups in total. The normalized spacial score (nSPS) is 16.2. The second-order valence-electron chi connectivity index (χ2n) is 7.33. The highest BCUT2D eigenvalue weighted by Crippen LogP contribution is 2.30. The molecule has 32 heavy (non-hydrogen) atoms. The zero-order valence-electron chi connectivity index (χ0n) is 17.2. The van der Waals surface area contributed by atoms with Crippen LogP contribution in [0.4, 0.5) is 28.0 Å². The molecule has 0 aliphatic carbocycles. The van der Waals surface area contributed by atoms with Crippen LogP contribution >= 0.6 is 11.8 Å². The van der Waals surface area contributed by atoms with E-state index in [-0.39, 0.29) is 24.7 Å². The van der Waals surface area contributed by atoms with Gasteiger partial charge in [0.1, 0.15) is 11.9 Å². The van der Waals surface area contributed by atoms with Gasteiger partial charge in [0.2, 0.25) is 5.91 Å². The molecule has 1 fully saturated rings. The second kappa shape index (κ2) is 10.2. The van der Waals surface area contributed by atoms with E-state index in [1.807, 2.05) is 0 Å². The Hall–Kier alpha value is -2.75. The lowest BCUT2D eigenvalue weighted by molar-refractivity contribution is -0.129. The lowest BCUT2D eigenvalue weighted by atomic mass is 10.0. The first-order chi connectivity index (χ1) is 15.1. The molecule has 1 aliphatic heterocycles. The average molecular weight is 470 g/mol. The number of nitrogens with zero attached hydrogens (tertiary/aromatic N) is 1. The maximum atomic E-state index is 14.8. The number of nitrogens with one attached hydrogen (secondary N) is 1. The van der Waals surface area contributed by atoms with Gasteiger partial charge in [-0.15, -0.1) is 0 Å². The monoisotopic (exact) mass is 470 g/mol. The third-order valence-corrected chi connectivity index (χ3v) is 5.81. The van der Waals surface area contributed by atoms with Gasteiger partial charge in [-0.1, -0.05) is 24.3 Å². The molecule has 2 aromatic carbocycles. The molecule has 1 unspecified atom stereocenters. The average Bonchev–Trinajstić information content (AvgIpc) is 3.10. The summed E-state index contributed by atoms with van der Waals surface area (Å²) in [7, 11) is 0. The zero-order valence-corrected chi connectivity index (χ0v) is 18.1. The minimum absolute atomic E-state index is 0.00799. The van der Waals surface area contributed by atoms with E-state index >= 15 is 0 Å². The molecule has 3 rings (SSSR count). The van der Waals surface area contributed by atoms with Gasteiger partial charge >= 0.3 is 12.3 Å². The fraction of sp³-hybridized carbons (Fsp3) is 0.364. The number of amides is 2. The number of thioether (sulfide) groups is 1. The maximum Gasteiger partial charge on any atom is 0.414 e. The second-order valence-corrected chi connectivity index (χ2v) is 8.44. The molecular weight excluding hydrogens is 448 g/mol. The Labute approximate surface area is 187 Å². The molecule has 0 aromatic heterocycles. The summed E-state index contributed by atoms with van der Waals surface area (Å²) >= 11 is 1.19. The minimum Gasteiger partial charge on any atom is -0.442 e. The molecular formula is C22H22F4N2O3S. The summed E-state index contributed by atoms with van der Waals surface area (Å²) in [6.07, 6.45) is -6.11. The van der Waals surface area contributed by atoms with Gasteiger partial charge in [0.05, 0.1) is 25.2 Å². The Morgan fingerprint density at radius 1 is 1.22 bits per heavy atom. The fourth-order valence-electron chi connectivity index (χ4n) is 3.16. The molecule has 1 saturated heterocycles. The Balaban J connectivity index is 1.61. The van der Waals surface area contributed by atoms with Crippen LogP contribution in [0.15, 0.2) is 42.5 Å². The highest BCUT2D eigenvalue weighted by molar-refractivity contribution is 7.98. The summed E-state index contributed by atoms with van der Waals surface area (Å²) in [6, 6.07) is 11.4. The van der Waals surface area contributed by atoms with Crippen LogP contribution in [0.3, 0.4) is 0 Å². The Morgan fingerprint density at radius 2 is 1.94 bits per heavy atom. The summed E-state index contributed by atoms with van der Waals surface area (Å²) in [6.45, 7) is 1.74. The molecule has 2 amide bonds. The molecule has 10 heteroatoms. The molecule has 0 saturated carbocycles. The number of carbonyl (C=O) groups excluding carboxylic acids is 2. The quantitative estimate of drug-likeness (QED) is 0.429. The predicted octanol–water partition coefficient (Wildman–Crippen LogP) is 5.14. The van der Waals surface area contributed by atoms with Gasteiger partial charge in [-0.2, -0.15) is 24.9 Å². The Kier molecular flexibility index (Phi) is 7.65. The minimum atomic E-state index is -4.15. The summed E-state index contributed by atoms with van der Waals surface area (Å²) in [5.41, 5.74) is 2.15. The van der Waals surface area contributed by atoms with E-state index in [0.29, 0.717) is 22.6 Å². The Bertz CT molecular complexity index is 967. The fourth-order valence-corrected chi connectivity index (χ4v) is 4.11. The molecule has 172 valence electrons. The van der Waals surface area contributed by atoms with Crippen molar-refractivity contribution in [2.75, 3.05) is 23.7 Å². The molecule has 0 bridgehead atoms. The number of anilines is 1. The van der Waals surface area contributed by atoms with Crippen molar-refractivity contribution < 1.29 is 31.9 Å². The first-order valence-corrected chi connectivity index (χ1v) is 11.0. The van der Waals surface area contributed by atoms with Gasteiger partial charge in [-0.3, -0.25) is 9.69 Å². The molecule has 1 atom stereocenters. The first kappa shape index (κ1) is 23.9. The van der Waals surface area contributed by atoms with Crippen molar-refractivity contribution in [3.05, 3.63) is 53.8 Å². The number of carbonyl (C=O) groups is 2. The summed E-state index contributed by atoms with van der Waals surface area (Å²) in [5, 5.41) is 2.58. The van der Waals surface area contributed by atoms with E-state index in [4.69, 9.17) is 4.74 Å². The van der Waals surface area contributed by atoms with E-state index in [9.17, 15) is 27.2 Å². The molecule has 5 nitrogen and oxygen atoms in total. The van der Waals surface area contributed by atoms with Crippen molar-refractivity contribution in [1.82, 2.24) is 5.32 Å². The van der Waals surface area contributed by atoms with Gasteiger partial charge in [0.25, 0.3) is 0 Å². The number of halogens is 4. The predicted molar refractivity (Wildman–Crippen MR) is 115 cm³/mol. The molecule has 0 spiro atoms. The highest BCUT2D eigenvalue weighted by Gasteiger charge is 2.32. The van der Waals surface area contributed by atoms with Crippen molar-refractivity contribution in [2.24, 2.45) is 0 Å². The van der Waals surface area contributed by atoms with E-state index in [2.05, 4.69) is 5.32 Å². The topological polar surface area (TPSA) is 58.6 Å². The van der Waals surface area contributed by atoms with Gasteiger partial charge in [0.15, 0.2) is 0 Å². The maximum absolute atomic E-state index is 14.8. The van der Waals surface area contributed by atoms with Crippen LogP contribution in [0, 0.1) is 5.82 Å². The smallest absolute Gasteiger partial charge is 0.414 e. The van der Waals surface area contributed by atoms with E-state index in [1.54, 1.807) is 36.4 Å². The number of rotatable bonds is 8. The number of cyclic esters (lactones) is 1. The van der Waals surface area contributed by atoms with Crippen LogP contribution in [0.2, 0.25) is 0 Å². The van der Waals surface area contributed by atoms with Crippen LogP contribution in [-0.2, 0) is 15.3 Å². The van der Waals surface area contributed by atoms with E-state index < -0.39 is 30.6 Å². The highest BCUT2D eigenvalue weighted by atomic mass is 32.2. The number of alkyl halides is 3. The standard InChI is InChI=1S/C22H22F4N2O3S/c1-14(29)27-11-18-12-28(21(30)31-18)17-6-7-19(20(23)10-17)16-4-2-15(3-5-16)13-32-9-8-22(24,25)26/h2-7,10,18H,8-9,11-13H2,1H3,(H,27,29). The number of ether oxygens (including phenoxy) is 1. The summed E-state index contributed by atoms with van der Waals surface area (Å²) < 4.78 is 56.6. The van der Waals surface area contributed by atoms with Crippen LogP contribution in [0.1, 0.15) is 18.9 Å². The third kappa shape index (κ3) is 6.62. The molecule has 1 aliphatic rings. The summed E-state index contributed by atoms with van der Waals surface area (Å²) in [4.78, 5) is 24.4. The van der Waals surface area contributed by atoms with Crippen molar-refractivity contribution >= 4 is 29.4 Å². The molecule has 1 heterocycles. The lowest BCUT2D eigenvalue weighted by Gasteiger charge is -2.15. The molecule has 0 radical (unpaired) electrons.